The maximum atomic E-state index is 12.1. The van der Waals surface area contributed by atoms with Crippen LogP contribution >= 0.6 is 11.6 Å². The van der Waals surface area contributed by atoms with E-state index in [-0.39, 0.29) is 18.3 Å². The van der Waals surface area contributed by atoms with Crippen molar-refractivity contribution in [2.24, 2.45) is 0 Å². The third-order valence-electron chi connectivity index (χ3n) is 4.31. The average Bonchev–Trinajstić information content (AvgIpc) is 3.09. The van der Waals surface area contributed by atoms with Gasteiger partial charge in [0.2, 0.25) is 0 Å². The van der Waals surface area contributed by atoms with Crippen LogP contribution in [0.3, 0.4) is 0 Å². The van der Waals surface area contributed by atoms with E-state index in [1.807, 2.05) is 24.4 Å². The number of aromatic nitrogens is 1. The van der Waals surface area contributed by atoms with Crippen LogP contribution in [0.25, 0.3) is 10.9 Å². The van der Waals surface area contributed by atoms with Crippen LogP contribution in [0.15, 0.2) is 48.7 Å². The molecule has 0 aliphatic carbocycles. The minimum absolute atomic E-state index is 0.0766. The van der Waals surface area contributed by atoms with E-state index in [4.69, 9.17) is 16.3 Å². The zero-order valence-electron chi connectivity index (χ0n) is 15.0. The molecule has 27 heavy (non-hydrogen) atoms. The molecule has 0 saturated heterocycles. The molecule has 0 atom stereocenters. The monoisotopic (exact) mass is 384 g/mol. The lowest BCUT2D eigenvalue weighted by Gasteiger charge is -2.11. The molecule has 0 radical (unpaired) electrons. The number of para-hydroxylation sites is 1. The van der Waals surface area contributed by atoms with Crippen LogP contribution in [-0.4, -0.2) is 29.8 Å². The highest BCUT2D eigenvalue weighted by molar-refractivity contribution is 6.31. The largest absolute Gasteiger partial charge is 0.483 e. The third kappa shape index (κ3) is 4.68. The van der Waals surface area contributed by atoms with Crippen molar-refractivity contribution in [2.45, 2.75) is 19.8 Å². The van der Waals surface area contributed by atoms with E-state index in [0.717, 1.165) is 22.9 Å². The Kier molecular flexibility index (Phi) is 6.14. The summed E-state index contributed by atoms with van der Waals surface area (Å²) in [5.41, 5.74) is 2.63. The molecule has 0 fully saturated rings. The van der Waals surface area contributed by atoms with Crippen molar-refractivity contribution in [2.75, 3.05) is 13.2 Å². The number of hydrogen-bond donors (Lipinski definition) is 2. The van der Waals surface area contributed by atoms with E-state index >= 15 is 0 Å². The number of halogens is 1. The van der Waals surface area contributed by atoms with Crippen LogP contribution in [0.5, 0.6) is 5.75 Å². The fraction of sp³-hybridized carbons (Fsp3) is 0.238. The van der Waals surface area contributed by atoms with Gasteiger partial charge in [0, 0.05) is 35.1 Å². The van der Waals surface area contributed by atoms with E-state index in [9.17, 15) is 9.59 Å². The number of aromatic amines is 1. The van der Waals surface area contributed by atoms with Crippen LogP contribution in [-0.2, 0) is 11.2 Å². The first kappa shape index (κ1) is 19.0. The average molecular weight is 385 g/mol. The SMILES string of the molecule is CCC(=O)c1cc(Cl)ccc1OCC(=O)NCCc1c[nH]c2ccccc12. The van der Waals surface area contributed by atoms with Gasteiger partial charge in [-0.15, -0.1) is 0 Å². The van der Waals surface area contributed by atoms with E-state index in [2.05, 4.69) is 16.4 Å². The Morgan fingerprint density at radius 2 is 2.00 bits per heavy atom. The van der Waals surface area contributed by atoms with Gasteiger partial charge in [0.25, 0.3) is 5.91 Å². The third-order valence-corrected chi connectivity index (χ3v) is 4.55. The van der Waals surface area contributed by atoms with Crippen molar-refractivity contribution < 1.29 is 14.3 Å². The molecule has 2 N–H and O–H groups in total. The molecule has 140 valence electrons. The summed E-state index contributed by atoms with van der Waals surface area (Å²) in [6, 6.07) is 12.9. The summed E-state index contributed by atoms with van der Waals surface area (Å²) >= 11 is 5.95. The number of hydrogen-bond acceptors (Lipinski definition) is 3. The first-order valence-corrected chi connectivity index (χ1v) is 9.23. The Bertz CT molecular complexity index is 965. The van der Waals surface area contributed by atoms with Gasteiger partial charge in [-0.1, -0.05) is 36.7 Å². The Balaban J connectivity index is 1.52. The second-order valence-corrected chi connectivity index (χ2v) is 6.60. The lowest BCUT2D eigenvalue weighted by molar-refractivity contribution is -0.123. The van der Waals surface area contributed by atoms with Crippen molar-refractivity contribution in [1.82, 2.24) is 10.3 Å². The summed E-state index contributed by atoms with van der Waals surface area (Å²) in [5.74, 6) is 0.0601. The van der Waals surface area contributed by atoms with Gasteiger partial charge in [-0.25, -0.2) is 0 Å². The molecule has 6 heteroatoms. The van der Waals surface area contributed by atoms with Crippen molar-refractivity contribution in [3.8, 4) is 5.75 Å². The van der Waals surface area contributed by atoms with Gasteiger partial charge < -0.3 is 15.0 Å². The molecular formula is C21H21ClN2O3. The molecular weight excluding hydrogens is 364 g/mol. The summed E-state index contributed by atoms with van der Waals surface area (Å²) in [7, 11) is 0. The summed E-state index contributed by atoms with van der Waals surface area (Å²) < 4.78 is 5.54. The minimum Gasteiger partial charge on any atom is -0.483 e. The fourth-order valence-corrected chi connectivity index (χ4v) is 3.08. The van der Waals surface area contributed by atoms with Crippen LogP contribution in [0.1, 0.15) is 29.3 Å². The lowest BCUT2D eigenvalue weighted by Crippen LogP contribution is -2.30. The summed E-state index contributed by atoms with van der Waals surface area (Å²) in [5, 5.41) is 4.46. The van der Waals surface area contributed by atoms with E-state index in [0.29, 0.717) is 29.3 Å². The van der Waals surface area contributed by atoms with E-state index in [1.54, 1.807) is 25.1 Å². The number of Topliss-reactive ketones (excluding diaryl/α,β-unsaturated/α-hetero) is 1. The van der Waals surface area contributed by atoms with Crippen molar-refractivity contribution >= 4 is 34.2 Å². The summed E-state index contributed by atoms with van der Waals surface area (Å²) in [6.45, 7) is 2.12. The van der Waals surface area contributed by atoms with E-state index < -0.39 is 0 Å². The van der Waals surface area contributed by atoms with Crippen LogP contribution < -0.4 is 10.1 Å². The Labute approximate surface area is 162 Å². The topological polar surface area (TPSA) is 71.2 Å². The molecule has 2 aromatic carbocycles. The number of H-pyrrole nitrogens is 1. The molecule has 0 aliphatic heterocycles. The van der Waals surface area contributed by atoms with Crippen molar-refractivity contribution in [3.63, 3.8) is 0 Å². The number of ether oxygens (including phenoxy) is 1. The van der Waals surface area contributed by atoms with Gasteiger partial charge in [-0.2, -0.15) is 0 Å². The predicted octanol–water partition coefficient (Wildman–Crippen LogP) is 4.15. The number of ketones is 1. The second kappa shape index (κ2) is 8.73. The van der Waals surface area contributed by atoms with Gasteiger partial charge in [0.1, 0.15) is 5.75 Å². The standard InChI is InChI=1S/C21H21ClN2O3/c1-2-19(25)17-11-15(22)7-8-20(17)27-13-21(26)23-10-9-14-12-24-18-6-4-3-5-16(14)18/h3-8,11-12,24H,2,9-10,13H2,1H3,(H,23,26). The molecule has 5 nitrogen and oxygen atoms in total. The lowest BCUT2D eigenvalue weighted by atomic mass is 10.1. The molecule has 1 heterocycles. The summed E-state index contributed by atoms with van der Waals surface area (Å²) in [6.07, 6.45) is 3.02. The molecule has 3 rings (SSSR count). The van der Waals surface area contributed by atoms with Crippen molar-refractivity contribution in [3.05, 3.63) is 64.8 Å². The molecule has 0 aliphatic rings. The second-order valence-electron chi connectivity index (χ2n) is 6.17. The molecule has 1 amide bonds. The maximum absolute atomic E-state index is 12.1. The highest BCUT2D eigenvalue weighted by Crippen LogP contribution is 2.24. The number of carbonyl (C=O) groups is 2. The first-order valence-electron chi connectivity index (χ1n) is 8.85. The van der Waals surface area contributed by atoms with Gasteiger partial charge in [0.05, 0.1) is 5.56 Å². The van der Waals surface area contributed by atoms with Crippen molar-refractivity contribution in [1.29, 1.82) is 0 Å². The fourth-order valence-electron chi connectivity index (χ4n) is 2.91. The van der Waals surface area contributed by atoms with Crippen LogP contribution in [0.4, 0.5) is 0 Å². The number of benzene rings is 2. The molecule has 0 bridgehead atoms. The number of carbonyl (C=O) groups excluding carboxylic acids is 2. The number of amides is 1. The summed E-state index contributed by atoms with van der Waals surface area (Å²) in [4.78, 5) is 27.3. The van der Waals surface area contributed by atoms with Gasteiger partial charge in [0.15, 0.2) is 12.4 Å². The van der Waals surface area contributed by atoms with Crippen LogP contribution in [0, 0.1) is 0 Å². The number of fused-ring (bicyclic) bond motifs is 1. The zero-order chi connectivity index (χ0) is 19.2. The van der Waals surface area contributed by atoms with E-state index in [1.165, 1.54) is 0 Å². The Morgan fingerprint density at radius 3 is 2.81 bits per heavy atom. The minimum atomic E-state index is -0.236. The quantitative estimate of drug-likeness (QED) is 0.573. The zero-order valence-corrected chi connectivity index (χ0v) is 15.8. The molecule has 0 saturated carbocycles. The molecule has 0 unspecified atom stereocenters. The number of nitrogens with one attached hydrogen (secondary N) is 2. The first-order chi connectivity index (χ1) is 13.1. The normalized spacial score (nSPS) is 10.7. The molecule has 0 spiro atoms. The highest BCUT2D eigenvalue weighted by Gasteiger charge is 2.13. The highest BCUT2D eigenvalue weighted by atomic mass is 35.5. The van der Waals surface area contributed by atoms with Crippen LogP contribution in [0.2, 0.25) is 5.02 Å². The molecule has 1 aromatic heterocycles. The number of rotatable bonds is 8. The maximum Gasteiger partial charge on any atom is 0.257 e. The molecule has 3 aromatic rings. The Hall–Kier alpha value is -2.79. The predicted molar refractivity (Wildman–Crippen MR) is 107 cm³/mol. The smallest absolute Gasteiger partial charge is 0.257 e. The van der Waals surface area contributed by atoms with Gasteiger partial charge in [-0.05, 0) is 36.2 Å². The van der Waals surface area contributed by atoms with Gasteiger partial charge >= 0.3 is 0 Å². The van der Waals surface area contributed by atoms with Gasteiger partial charge in [-0.3, -0.25) is 9.59 Å². The Morgan fingerprint density at radius 1 is 1.19 bits per heavy atom.